The zero-order chi connectivity index (χ0) is 15.3. The second-order valence-electron chi connectivity index (χ2n) is 6.27. The summed E-state index contributed by atoms with van der Waals surface area (Å²) >= 11 is 0. The maximum atomic E-state index is 13.9. The van der Waals surface area contributed by atoms with Crippen molar-refractivity contribution in [2.24, 2.45) is 5.73 Å². The molecule has 0 bridgehead atoms. The second kappa shape index (κ2) is 5.98. The molecule has 1 heterocycles. The van der Waals surface area contributed by atoms with Crippen LogP contribution in [0.15, 0.2) is 34.7 Å². The van der Waals surface area contributed by atoms with Crippen LogP contribution in [0.5, 0.6) is 0 Å². The Balaban J connectivity index is 0.00000220. The number of rotatable bonds is 1. The Morgan fingerprint density at radius 2 is 1.76 bits per heavy atom. The van der Waals surface area contributed by atoms with E-state index in [2.05, 4.69) is 0 Å². The SMILES string of the molecule is CC1=C(B2OC(C)(C)C(C)(C)O2)/C(=C/[NH-])C(N)C=C1F.[Pd]. The second-order valence-corrected chi connectivity index (χ2v) is 6.27. The molecule has 0 aromatic rings. The molecule has 1 aliphatic heterocycles. The summed E-state index contributed by atoms with van der Waals surface area (Å²) < 4.78 is 25.8. The van der Waals surface area contributed by atoms with Crippen LogP contribution in [0.4, 0.5) is 4.39 Å². The van der Waals surface area contributed by atoms with Gasteiger partial charge in [-0.25, -0.2) is 4.39 Å². The van der Waals surface area contributed by atoms with Crippen LogP contribution in [0.25, 0.3) is 5.73 Å². The van der Waals surface area contributed by atoms with Crippen LogP contribution in [0.3, 0.4) is 0 Å². The van der Waals surface area contributed by atoms with E-state index in [1.807, 2.05) is 27.7 Å². The first kappa shape index (κ1) is 18.6. The Morgan fingerprint density at radius 1 is 1.29 bits per heavy atom. The van der Waals surface area contributed by atoms with Crippen molar-refractivity contribution >= 4 is 7.12 Å². The summed E-state index contributed by atoms with van der Waals surface area (Å²) in [4.78, 5) is 0. The Kier molecular flexibility index (Phi) is 5.30. The summed E-state index contributed by atoms with van der Waals surface area (Å²) in [5.41, 5.74) is 13.9. The largest absolute Gasteiger partial charge is 0.705 e. The van der Waals surface area contributed by atoms with Crippen LogP contribution in [0, 0.1) is 0 Å². The maximum absolute atomic E-state index is 13.9. The molecule has 1 saturated heterocycles. The van der Waals surface area contributed by atoms with Gasteiger partial charge in [0, 0.05) is 26.5 Å². The number of allylic oxidation sites excluding steroid dienone is 2. The van der Waals surface area contributed by atoms with E-state index >= 15 is 0 Å². The van der Waals surface area contributed by atoms with Gasteiger partial charge in [0.05, 0.1) is 11.2 Å². The Labute approximate surface area is 139 Å². The van der Waals surface area contributed by atoms with E-state index < -0.39 is 24.4 Å². The molecule has 0 amide bonds. The van der Waals surface area contributed by atoms with Crippen LogP contribution >= 0.6 is 0 Å². The number of nitrogens with one attached hydrogen (secondary N) is 1. The van der Waals surface area contributed by atoms with Crippen molar-refractivity contribution in [1.82, 2.24) is 0 Å². The third-order valence-corrected chi connectivity index (χ3v) is 4.40. The predicted octanol–water partition coefficient (Wildman–Crippen LogP) is 3.06. The molecule has 0 aromatic heterocycles. The third kappa shape index (κ3) is 3.04. The van der Waals surface area contributed by atoms with Gasteiger partial charge in [-0.05, 0) is 57.3 Å². The Morgan fingerprint density at radius 3 is 2.19 bits per heavy atom. The molecule has 1 atom stereocenters. The third-order valence-electron chi connectivity index (χ3n) is 4.40. The predicted molar refractivity (Wildman–Crippen MR) is 78.4 cm³/mol. The topological polar surface area (TPSA) is 68.3 Å². The van der Waals surface area contributed by atoms with Crippen molar-refractivity contribution in [1.29, 1.82) is 0 Å². The molecular weight excluding hydrogens is 364 g/mol. The minimum Gasteiger partial charge on any atom is -0.705 e. The molecule has 21 heavy (non-hydrogen) atoms. The average molecular weight is 386 g/mol. The van der Waals surface area contributed by atoms with Crippen LogP contribution in [0.2, 0.25) is 0 Å². The standard InChI is InChI=1S/C14H21BFN2O2.Pd/c1-8-10(16)6-11(18)9(7-17)12(8)15-19-13(2,3)14(4,5)20-15;/h6-7,11,17H,18H2,1-5H3;/q-1;/b9-7+;. The zero-order valence-electron chi connectivity index (χ0n) is 12.9. The minimum atomic E-state index is -0.706. The van der Waals surface area contributed by atoms with Gasteiger partial charge in [0.2, 0.25) is 0 Å². The molecule has 3 N–H and O–H groups in total. The van der Waals surface area contributed by atoms with E-state index in [9.17, 15) is 4.39 Å². The summed E-state index contributed by atoms with van der Waals surface area (Å²) in [5.74, 6) is -0.382. The smallest absolute Gasteiger partial charge is 0.495 e. The van der Waals surface area contributed by atoms with Gasteiger partial charge >= 0.3 is 7.12 Å². The normalized spacial score (nSPS) is 29.5. The summed E-state index contributed by atoms with van der Waals surface area (Å²) in [6, 6.07) is -0.648. The Bertz CT molecular complexity index is 513. The molecule has 0 aromatic carbocycles. The molecule has 7 heteroatoms. The van der Waals surface area contributed by atoms with Gasteiger partial charge < -0.3 is 20.8 Å². The van der Waals surface area contributed by atoms with Crippen LogP contribution in [-0.4, -0.2) is 24.4 Å². The molecule has 2 aliphatic rings. The molecule has 1 unspecified atom stereocenters. The van der Waals surface area contributed by atoms with Crippen molar-refractivity contribution in [3.05, 3.63) is 40.5 Å². The van der Waals surface area contributed by atoms with Gasteiger partial charge in [0.15, 0.2) is 0 Å². The summed E-state index contributed by atoms with van der Waals surface area (Å²) in [5, 5.41) is 0. The van der Waals surface area contributed by atoms with Crippen molar-refractivity contribution in [3.8, 4) is 0 Å². The van der Waals surface area contributed by atoms with E-state index in [4.69, 9.17) is 20.8 Å². The van der Waals surface area contributed by atoms with Crippen molar-refractivity contribution in [2.75, 3.05) is 0 Å². The molecule has 0 spiro atoms. The van der Waals surface area contributed by atoms with Gasteiger partial charge in [0.1, 0.15) is 5.83 Å². The summed E-state index contributed by atoms with van der Waals surface area (Å²) in [7, 11) is -0.706. The van der Waals surface area contributed by atoms with Gasteiger partial charge in [-0.1, -0.05) is 0 Å². The van der Waals surface area contributed by atoms with Crippen molar-refractivity contribution < 1.29 is 34.1 Å². The fraction of sp³-hybridized carbons (Fsp3) is 0.571. The molecule has 1 aliphatic carbocycles. The van der Waals surface area contributed by atoms with E-state index in [-0.39, 0.29) is 26.2 Å². The summed E-state index contributed by atoms with van der Waals surface area (Å²) in [6.07, 6.45) is 2.46. The van der Waals surface area contributed by atoms with Gasteiger partial charge in [-0.3, -0.25) is 0 Å². The number of hydrogen-bond acceptors (Lipinski definition) is 3. The van der Waals surface area contributed by atoms with Crippen molar-refractivity contribution in [3.63, 3.8) is 0 Å². The van der Waals surface area contributed by atoms with Crippen molar-refractivity contribution in [2.45, 2.75) is 51.9 Å². The molecule has 4 nitrogen and oxygen atoms in total. The number of nitrogens with two attached hydrogens (primary N) is 1. The van der Waals surface area contributed by atoms with E-state index in [1.165, 1.54) is 6.08 Å². The zero-order valence-corrected chi connectivity index (χ0v) is 14.5. The first-order valence-electron chi connectivity index (χ1n) is 6.68. The summed E-state index contributed by atoms with van der Waals surface area (Å²) in [6.45, 7) is 9.38. The van der Waals surface area contributed by atoms with Gasteiger partial charge in [-0.15, -0.1) is 0 Å². The molecular formula is C14H21BFN2O2Pd-. The minimum absolute atomic E-state index is 0. The molecule has 2 rings (SSSR count). The van der Waals surface area contributed by atoms with Crippen LogP contribution in [0.1, 0.15) is 34.6 Å². The van der Waals surface area contributed by atoms with E-state index in [0.717, 1.165) is 6.20 Å². The van der Waals surface area contributed by atoms with Gasteiger partial charge in [0.25, 0.3) is 0 Å². The molecule has 120 valence electrons. The first-order chi connectivity index (χ1) is 9.10. The number of hydrogen-bond donors (Lipinski definition) is 1. The van der Waals surface area contributed by atoms with Gasteiger partial charge in [-0.2, -0.15) is 6.20 Å². The molecule has 1 fully saturated rings. The first-order valence-corrected chi connectivity index (χ1v) is 6.68. The molecule has 0 saturated carbocycles. The Hall–Kier alpha value is -0.443. The molecule has 0 radical (unpaired) electrons. The monoisotopic (exact) mass is 385 g/mol. The van der Waals surface area contributed by atoms with E-state index in [0.29, 0.717) is 16.6 Å². The number of halogens is 1. The van der Waals surface area contributed by atoms with E-state index in [1.54, 1.807) is 6.92 Å². The fourth-order valence-electron chi connectivity index (χ4n) is 2.34. The quantitative estimate of drug-likeness (QED) is 0.706. The average Bonchev–Trinajstić information content (AvgIpc) is 2.52. The van der Waals surface area contributed by atoms with Crippen LogP contribution in [-0.2, 0) is 29.7 Å². The maximum Gasteiger partial charge on any atom is 0.495 e. The fourth-order valence-corrected chi connectivity index (χ4v) is 2.34. The van der Waals surface area contributed by atoms with Crippen LogP contribution < -0.4 is 5.73 Å².